The highest BCUT2D eigenvalue weighted by atomic mass is 32.2. The zero-order valence-electron chi connectivity index (χ0n) is 14.3. The average molecular weight is 330 g/mol. The first kappa shape index (κ1) is 17.7. The van der Waals surface area contributed by atoms with Crippen LogP contribution in [0.4, 0.5) is 0 Å². The van der Waals surface area contributed by atoms with Crippen molar-refractivity contribution in [2.75, 3.05) is 19.3 Å². The fourth-order valence-electron chi connectivity index (χ4n) is 3.73. The lowest BCUT2D eigenvalue weighted by Crippen LogP contribution is -2.53. The van der Waals surface area contributed by atoms with Crippen molar-refractivity contribution in [3.8, 4) is 0 Å². The number of carbonyl (C=O) groups excluding carboxylic acids is 1. The molecule has 0 bridgehead atoms. The second kappa shape index (κ2) is 6.87. The van der Waals surface area contributed by atoms with Crippen molar-refractivity contribution < 1.29 is 13.2 Å². The maximum atomic E-state index is 13.0. The van der Waals surface area contributed by atoms with E-state index in [0.29, 0.717) is 13.0 Å². The largest absolute Gasteiger partial charge is 0.341 e. The molecule has 2 rings (SSSR count). The number of carbonyl (C=O) groups is 1. The van der Waals surface area contributed by atoms with Crippen LogP contribution in [0, 0.1) is 11.8 Å². The Morgan fingerprint density at radius 2 is 1.77 bits per heavy atom. The predicted molar refractivity (Wildman–Crippen MR) is 87.9 cm³/mol. The fourth-order valence-corrected chi connectivity index (χ4v) is 5.55. The minimum atomic E-state index is -3.26. The van der Waals surface area contributed by atoms with Crippen LogP contribution >= 0.6 is 0 Å². The minimum Gasteiger partial charge on any atom is -0.341 e. The van der Waals surface area contributed by atoms with Crippen LogP contribution in [0.25, 0.3) is 0 Å². The second-order valence-corrected chi connectivity index (χ2v) is 9.37. The van der Waals surface area contributed by atoms with E-state index in [4.69, 9.17) is 0 Å². The van der Waals surface area contributed by atoms with Crippen LogP contribution in [0.15, 0.2) is 0 Å². The molecule has 128 valence electrons. The van der Waals surface area contributed by atoms with E-state index < -0.39 is 16.1 Å². The number of sulfonamides is 1. The van der Waals surface area contributed by atoms with Gasteiger partial charge in [0.05, 0.1) is 5.75 Å². The van der Waals surface area contributed by atoms with Crippen LogP contribution in [0.1, 0.15) is 52.9 Å². The first-order valence-corrected chi connectivity index (χ1v) is 10.1. The van der Waals surface area contributed by atoms with Gasteiger partial charge in [-0.1, -0.05) is 20.8 Å². The molecule has 6 heteroatoms. The van der Waals surface area contributed by atoms with E-state index in [1.807, 2.05) is 25.8 Å². The van der Waals surface area contributed by atoms with Gasteiger partial charge in [-0.25, -0.2) is 8.42 Å². The van der Waals surface area contributed by atoms with Crippen LogP contribution in [0.3, 0.4) is 0 Å². The van der Waals surface area contributed by atoms with E-state index in [1.165, 1.54) is 4.31 Å². The van der Waals surface area contributed by atoms with Crippen LogP contribution in [-0.2, 0) is 14.8 Å². The molecule has 22 heavy (non-hydrogen) atoms. The molecular formula is C16H30N2O3S. The quantitative estimate of drug-likeness (QED) is 0.793. The Morgan fingerprint density at radius 3 is 2.23 bits per heavy atom. The van der Waals surface area contributed by atoms with Gasteiger partial charge in [-0.15, -0.1) is 0 Å². The molecule has 2 aliphatic rings. The number of likely N-dealkylation sites (N-methyl/N-ethyl adjacent to an activating group) is 1. The summed E-state index contributed by atoms with van der Waals surface area (Å²) in [7, 11) is -1.42. The van der Waals surface area contributed by atoms with Crippen molar-refractivity contribution in [2.24, 2.45) is 11.8 Å². The number of hydrogen-bond acceptors (Lipinski definition) is 3. The van der Waals surface area contributed by atoms with Gasteiger partial charge in [0.15, 0.2) is 0 Å². The fraction of sp³-hybridized carbons (Fsp3) is 0.938. The van der Waals surface area contributed by atoms with Crippen LogP contribution in [-0.4, -0.2) is 55.0 Å². The van der Waals surface area contributed by atoms with Crippen molar-refractivity contribution >= 4 is 15.9 Å². The van der Waals surface area contributed by atoms with E-state index in [-0.39, 0.29) is 23.6 Å². The van der Waals surface area contributed by atoms with Gasteiger partial charge >= 0.3 is 0 Å². The topological polar surface area (TPSA) is 57.7 Å². The second-order valence-electron chi connectivity index (χ2n) is 7.33. The summed E-state index contributed by atoms with van der Waals surface area (Å²) in [5.41, 5.74) is 0. The summed E-state index contributed by atoms with van der Waals surface area (Å²) in [4.78, 5) is 14.8. The molecule has 1 unspecified atom stereocenters. The average Bonchev–Trinajstić information content (AvgIpc) is 2.78. The molecule has 2 fully saturated rings. The van der Waals surface area contributed by atoms with Crippen molar-refractivity contribution in [3.63, 3.8) is 0 Å². The molecule has 0 radical (unpaired) electrons. The molecule has 1 saturated heterocycles. The lowest BCUT2D eigenvalue weighted by atomic mass is 9.86. The Morgan fingerprint density at radius 1 is 1.18 bits per heavy atom. The van der Waals surface area contributed by atoms with E-state index in [0.717, 1.165) is 31.6 Å². The molecule has 1 aliphatic heterocycles. The van der Waals surface area contributed by atoms with E-state index in [9.17, 15) is 13.2 Å². The van der Waals surface area contributed by atoms with Gasteiger partial charge in [-0.05, 0) is 43.9 Å². The zero-order chi connectivity index (χ0) is 16.5. The molecule has 5 nitrogen and oxygen atoms in total. The Balaban J connectivity index is 2.13. The lowest BCUT2D eigenvalue weighted by molar-refractivity contribution is -0.138. The third kappa shape index (κ3) is 3.65. The number of amides is 1. The molecule has 0 aromatic heterocycles. The van der Waals surface area contributed by atoms with Crippen molar-refractivity contribution in [3.05, 3.63) is 0 Å². The standard InChI is InChI=1S/C16H30N2O3S/c1-12(2)15(18-10-5-11-22(18,20)21)16(19)17(4)14-8-6-13(3)7-9-14/h12-15H,5-11H2,1-4H3. The summed E-state index contributed by atoms with van der Waals surface area (Å²) in [6.45, 7) is 6.61. The normalized spacial score (nSPS) is 30.4. The van der Waals surface area contributed by atoms with Crippen LogP contribution in [0.2, 0.25) is 0 Å². The highest BCUT2D eigenvalue weighted by molar-refractivity contribution is 7.89. The first-order chi connectivity index (χ1) is 10.2. The minimum absolute atomic E-state index is 0.00895. The third-order valence-corrected chi connectivity index (χ3v) is 7.14. The van der Waals surface area contributed by atoms with Crippen LogP contribution < -0.4 is 0 Å². The number of rotatable bonds is 4. The van der Waals surface area contributed by atoms with Gasteiger partial charge in [-0.3, -0.25) is 4.79 Å². The molecule has 1 saturated carbocycles. The van der Waals surface area contributed by atoms with Gasteiger partial charge in [-0.2, -0.15) is 4.31 Å². The molecule has 0 N–H and O–H groups in total. The number of hydrogen-bond donors (Lipinski definition) is 0. The Kier molecular flexibility index (Phi) is 5.54. The van der Waals surface area contributed by atoms with Gasteiger partial charge in [0, 0.05) is 19.6 Å². The van der Waals surface area contributed by atoms with Gasteiger partial charge < -0.3 is 4.90 Å². The first-order valence-electron chi connectivity index (χ1n) is 8.50. The molecule has 1 amide bonds. The van der Waals surface area contributed by atoms with Crippen molar-refractivity contribution in [1.82, 2.24) is 9.21 Å². The summed E-state index contributed by atoms with van der Waals surface area (Å²) in [6.07, 6.45) is 4.98. The highest BCUT2D eigenvalue weighted by Crippen LogP contribution is 2.29. The molecule has 1 heterocycles. The smallest absolute Gasteiger partial charge is 0.241 e. The highest BCUT2D eigenvalue weighted by Gasteiger charge is 2.42. The van der Waals surface area contributed by atoms with E-state index in [1.54, 1.807) is 0 Å². The maximum Gasteiger partial charge on any atom is 0.241 e. The summed E-state index contributed by atoms with van der Waals surface area (Å²) in [6, 6.07) is -0.285. The molecule has 1 aliphatic carbocycles. The summed E-state index contributed by atoms with van der Waals surface area (Å²) < 4.78 is 25.9. The van der Waals surface area contributed by atoms with Gasteiger partial charge in [0.1, 0.15) is 6.04 Å². The predicted octanol–water partition coefficient (Wildman–Crippen LogP) is 2.08. The van der Waals surface area contributed by atoms with Crippen molar-refractivity contribution in [2.45, 2.75) is 65.0 Å². The number of nitrogens with zero attached hydrogens (tertiary/aromatic N) is 2. The molecule has 0 spiro atoms. The van der Waals surface area contributed by atoms with E-state index in [2.05, 4.69) is 6.92 Å². The Labute approximate surface area is 135 Å². The van der Waals surface area contributed by atoms with Gasteiger partial charge in [0.25, 0.3) is 0 Å². The summed E-state index contributed by atoms with van der Waals surface area (Å²) in [5, 5.41) is 0. The Hall–Kier alpha value is -0.620. The monoisotopic (exact) mass is 330 g/mol. The van der Waals surface area contributed by atoms with Crippen molar-refractivity contribution in [1.29, 1.82) is 0 Å². The Bertz CT molecular complexity index is 496. The lowest BCUT2D eigenvalue weighted by Gasteiger charge is -2.38. The zero-order valence-corrected chi connectivity index (χ0v) is 15.1. The third-order valence-electron chi connectivity index (χ3n) is 5.21. The maximum absolute atomic E-state index is 13.0. The SMILES string of the molecule is CC1CCC(N(C)C(=O)C(C(C)C)N2CCCS2(=O)=O)CC1. The summed E-state index contributed by atoms with van der Waals surface area (Å²) >= 11 is 0. The molecule has 0 aromatic rings. The molecule has 0 aromatic carbocycles. The summed E-state index contributed by atoms with van der Waals surface area (Å²) in [5.74, 6) is 0.874. The molecular weight excluding hydrogens is 300 g/mol. The van der Waals surface area contributed by atoms with Crippen LogP contribution in [0.5, 0.6) is 0 Å². The van der Waals surface area contributed by atoms with Gasteiger partial charge in [0.2, 0.25) is 15.9 Å². The molecule has 1 atom stereocenters. The van der Waals surface area contributed by atoms with E-state index >= 15 is 0 Å².